The molecule has 1 spiro atoms. The molecule has 0 unspecified atom stereocenters. The number of nitrogens with zero attached hydrogens (tertiary/aromatic N) is 2. The van der Waals surface area contributed by atoms with Crippen molar-refractivity contribution in [3.63, 3.8) is 0 Å². The smallest absolute Gasteiger partial charge is 0.250 e. The summed E-state index contributed by atoms with van der Waals surface area (Å²) < 4.78 is 13.6. The summed E-state index contributed by atoms with van der Waals surface area (Å²) in [7, 11) is 1.84. The Bertz CT molecular complexity index is 1190. The summed E-state index contributed by atoms with van der Waals surface area (Å²) in [4.78, 5) is 33.4. The van der Waals surface area contributed by atoms with Crippen LogP contribution in [0.4, 0.5) is 10.1 Å². The Hall–Kier alpha value is -3.09. The molecule has 1 aromatic heterocycles. The van der Waals surface area contributed by atoms with E-state index in [9.17, 15) is 14.0 Å². The van der Waals surface area contributed by atoms with E-state index in [4.69, 9.17) is 11.6 Å². The number of carbonyl (C=O) groups is 2. The van der Waals surface area contributed by atoms with Crippen LogP contribution in [0.3, 0.4) is 0 Å². The summed E-state index contributed by atoms with van der Waals surface area (Å²) in [6, 6.07) is 14.8. The van der Waals surface area contributed by atoms with Crippen molar-refractivity contribution in [2.75, 3.05) is 18.9 Å². The molecule has 0 bridgehead atoms. The van der Waals surface area contributed by atoms with Crippen molar-refractivity contribution < 1.29 is 14.0 Å². The summed E-state index contributed by atoms with van der Waals surface area (Å²) in [6.07, 6.45) is 3.12. The van der Waals surface area contributed by atoms with Crippen molar-refractivity contribution in [2.24, 2.45) is 5.92 Å². The maximum atomic E-state index is 13.9. The monoisotopic (exact) mass is 435 g/mol. The molecule has 1 N–H and O–H groups in total. The van der Waals surface area contributed by atoms with Crippen molar-refractivity contribution in [1.29, 1.82) is 0 Å². The van der Waals surface area contributed by atoms with Crippen LogP contribution in [0.5, 0.6) is 0 Å². The average Bonchev–Trinajstić information content (AvgIpc) is 3.24. The zero-order chi connectivity index (χ0) is 21.8. The number of ketones is 1. The number of benzene rings is 2. The van der Waals surface area contributed by atoms with Crippen LogP contribution >= 0.6 is 11.6 Å². The first-order valence-electron chi connectivity index (χ1n) is 9.95. The Morgan fingerprint density at radius 1 is 1.23 bits per heavy atom. The maximum Gasteiger partial charge on any atom is 0.250 e. The van der Waals surface area contributed by atoms with Crippen LogP contribution in [-0.2, 0) is 10.3 Å². The van der Waals surface area contributed by atoms with Crippen molar-refractivity contribution in [1.82, 2.24) is 9.88 Å². The van der Waals surface area contributed by atoms with E-state index in [0.29, 0.717) is 28.4 Å². The molecule has 7 heteroatoms. The number of likely N-dealkylation sites (tertiary alicyclic amines) is 1. The van der Waals surface area contributed by atoms with Gasteiger partial charge in [0, 0.05) is 46.7 Å². The number of rotatable bonds is 3. The second kappa shape index (κ2) is 7.25. The lowest BCUT2D eigenvalue weighted by Gasteiger charge is -2.35. The van der Waals surface area contributed by atoms with Gasteiger partial charge in [0.25, 0.3) is 0 Å². The number of amides is 1. The number of halogens is 2. The second-order valence-corrected chi connectivity index (χ2v) is 8.47. The van der Waals surface area contributed by atoms with E-state index < -0.39 is 11.5 Å². The van der Waals surface area contributed by atoms with E-state index in [1.54, 1.807) is 48.7 Å². The number of aromatic nitrogens is 1. The molecule has 2 aromatic carbocycles. The molecule has 31 heavy (non-hydrogen) atoms. The molecule has 2 aliphatic rings. The van der Waals surface area contributed by atoms with E-state index in [0.717, 1.165) is 5.56 Å². The molecule has 1 fully saturated rings. The predicted molar refractivity (Wildman–Crippen MR) is 116 cm³/mol. The summed E-state index contributed by atoms with van der Waals surface area (Å²) in [5.41, 5.74) is 1.32. The number of hydrogen-bond acceptors (Lipinski definition) is 4. The topological polar surface area (TPSA) is 62.3 Å². The first kappa shape index (κ1) is 19.8. The minimum absolute atomic E-state index is 0.185. The van der Waals surface area contributed by atoms with Crippen LogP contribution in [0.15, 0.2) is 67.0 Å². The van der Waals surface area contributed by atoms with Gasteiger partial charge in [-0.2, -0.15) is 0 Å². The number of fused-ring (bicyclic) bond motifs is 2. The highest BCUT2D eigenvalue weighted by Crippen LogP contribution is 2.55. The fraction of sp³-hybridized carbons (Fsp3) is 0.208. The third-order valence-corrected chi connectivity index (χ3v) is 6.67. The lowest BCUT2D eigenvalue weighted by Crippen LogP contribution is -2.51. The fourth-order valence-corrected chi connectivity index (χ4v) is 5.28. The zero-order valence-electron chi connectivity index (χ0n) is 16.7. The van der Waals surface area contributed by atoms with E-state index in [2.05, 4.69) is 10.3 Å². The highest BCUT2D eigenvalue weighted by atomic mass is 35.5. The van der Waals surface area contributed by atoms with Gasteiger partial charge in [0.05, 0.1) is 5.92 Å². The van der Waals surface area contributed by atoms with E-state index >= 15 is 0 Å². The summed E-state index contributed by atoms with van der Waals surface area (Å²) >= 11 is 6.30. The van der Waals surface area contributed by atoms with Crippen molar-refractivity contribution in [2.45, 2.75) is 11.5 Å². The number of nitrogens with one attached hydrogen (secondary N) is 1. The summed E-state index contributed by atoms with van der Waals surface area (Å²) in [5, 5.41) is 3.43. The van der Waals surface area contributed by atoms with Crippen LogP contribution in [-0.4, -0.2) is 35.2 Å². The number of pyridine rings is 1. The molecule has 3 heterocycles. The van der Waals surface area contributed by atoms with Crippen LogP contribution in [0.25, 0.3) is 0 Å². The molecular formula is C24H19ClFN3O2. The van der Waals surface area contributed by atoms with E-state index in [-0.39, 0.29) is 23.4 Å². The fourth-order valence-electron chi connectivity index (χ4n) is 5.11. The molecule has 1 saturated heterocycles. The predicted octanol–water partition coefficient (Wildman–Crippen LogP) is 4.25. The molecule has 0 saturated carbocycles. The first-order valence-corrected chi connectivity index (χ1v) is 10.3. The molecule has 3 aromatic rings. The number of hydrogen-bond donors (Lipinski definition) is 1. The SMILES string of the molecule is CN1C[C@H](c2ccc(F)cc2)[C@@H](C(=O)c2cccnc2)[C@]12C(=O)Nc1ccc(Cl)cc12. The zero-order valence-corrected chi connectivity index (χ0v) is 17.4. The third kappa shape index (κ3) is 2.90. The van der Waals surface area contributed by atoms with Gasteiger partial charge in [-0.15, -0.1) is 0 Å². The van der Waals surface area contributed by atoms with Gasteiger partial charge in [-0.3, -0.25) is 19.5 Å². The standard InChI is InChI=1S/C24H19ClFN3O2/c1-29-13-18(14-4-7-17(26)8-5-14)21(22(30)15-3-2-10-27-12-15)24(29)19-11-16(25)6-9-20(19)28-23(24)31/h2-12,18,21H,13H2,1H3,(H,28,31)/t18-,21+,24-/m1/s1. The van der Waals surface area contributed by atoms with Crippen molar-refractivity contribution >= 4 is 29.0 Å². The molecule has 156 valence electrons. The lowest BCUT2D eigenvalue weighted by atomic mass is 9.70. The molecule has 2 aliphatic heterocycles. The molecule has 0 aliphatic carbocycles. The lowest BCUT2D eigenvalue weighted by molar-refractivity contribution is -0.126. The molecule has 3 atom stereocenters. The quantitative estimate of drug-likeness (QED) is 0.625. The highest BCUT2D eigenvalue weighted by Gasteiger charge is 2.64. The van der Waals surface area contributed by atoms with Gasteiger partial charge < -0.3 is 5.32 Å². The minimum atomic E-state index is -1.23. The van der Waals surface area contributed by atoms with Gasteiger partial charge in [0.15, 0.2) is 5.78 Å². The van der Waals surface area contributed by atoms with Gasteiger partial charge >= 0.3 is 0 Å². The normalized spacial score (nSPS) is 24.9. The van der Waals surface area contributed by atoms with Gasteiger partial charge in [-0.25, -0.2) is 4.39 Å². The Labute approximate surface area is 183 Å². The maximum absolute atomic E-state index is 13.9. The Morgan fingerprint density at radius 3 is 2.71 bits per heavy atom. The average molecular weight is 436 g/mol. The summed E-state index contributed by atoms with van der Waals surface area (Å²) in [5.74, 6) is -1.87. The Kier molecular flexibility index (Phi) is 4.64. The third-order valence-electron chi connectivity index (χ3n) is 6.44. The van der Waals surface area contributed by atoms with Crippen molar-refractivity contribution in [3.05, 3.63) is 94.5 Å². The number of Topliss-reactive ketones (excluding diaryl/α,β-unsaturated/α-hetero) is 1. The van der Waals surface area contributed by atoms with Crippen LogP contribution in [0.1, 0.15) is 27.4 Å². The highest BCUT2D eigenvalue weighted by molar-refractivity contribution is 6.31. The molecule has 5 nitrogen and oxygen atoms in total. The van der Waals surface area contributed by atoms with Gasteiger partial charge in [-0.05, 0) is 55.1 Å². The summed E-state index contributed by atoms with van der Waals surface area (Å²) in [6.45, 7) is 0.446. The molecule has 1 amide bonds. The minimum Gasteiger partial charge on any atom is -0.324 e. The largest absolute Gasteiger partial charge is 0.324 e. The van der Waals surface area contributed by atoms with Gasteiger partial charge in [0.1, 0.15) is 11.4 Å². The van der Waals surface area contributed by atoms with Gasteiger partial charge in [0.2, 0.25) is 5.91 Å². The van der Waals surface area contributed by atoms with Crippen molar-refractivity contribution in [3.8, 4) is 0 Å². The molecule has 0 radical (unpaired) electrons. The van der Waals surface area contributed by atoms with E-state index in [1.807, 2.05) is 11.9 Å². The number of likely N-dealkylation sites (N-methyl/N-ethyl adjacent to an activating group) is 1. The van der Waals surface area contributed by atoms with Crippen LogP contribution < -0.4 is 5.32 Å². The molecular weight excluding hydrogens is 417 g/mol. The Balaban J connectivity index is 1.74. The van der Waals surface area contributed by atoms with E-state index in [1.165, 1.54) is 18.3 Å². The van der Waals surface area contributed by atoms with Crippen LogP contribution in [0.2, 0.25) is 5.02 Å². The number of anilines is 1. The second-order valence-electron chi connectivity index (χ2n) is 8.03. The Morgan fingerprint density at radius 2 is 2.00 bits per heavy atom. The number of carbonyl (C=O) groups excluding carboxylic acids is 2. The van der Waals surface area contributed by atoms with Crippen LogP contribution in [0, 0.1) is 11.7 Å². The molecule has 5 rings (SSSR count). The first-order chi connectivity index (χ1) is 14.9. The van der Waals surface area contributed by atoms with Gasteiger partial charge in [-0.1, -0.05) is 23.7 Å².